The first kappa shape index (κ1) is 16.0. The predicted molar refractivity (Wildman–Crippen MR) is 88.7 cm³/mol. The minimum absolute atomic E-state index is 0.0268. The van der Waals surface area contributed by atoms with Gasteiger partial charge in [0.2, 0.25) is 11.8 Å². The zero-order valence-electron chi connectivity index (χ0n) is 14.8. The maximum absolute atomic E-state index is 12.9. The lowest BCUT2D eigenvalue weighted by Crippen LogP contribution is -2.52. The van der Waals surface area contributed by atoms with Crippen LogP contribution in [0.25, 0.3) is 0 Å². The van der Waals surface area contributed by atoms with Crippen molar-refractivity contribution in [3.05, 3.63) is 0 Å². The van der Waals surface area contributed by atoms with Crippen LogP contribution in [-0.4, -0.2) is 98.3 Å². The second kappa shape index (κ2) is 5.93. The molecule has 0 aromatic carbocycles. The van der Waals surface area contributed by atoms with E-state index in [0.29, 0.717) is 24.9 Å². The average Bonchev–Trinajstić information content (AvgIpc) is 2.95. The van der Waals surface area contributed by atoms with Crippen molar-refractivity contribution < 1.29 is 19.1 Å². The van der Waals surface area contributed by atoms with Gasteiger partial charge in [0.1, 0.15) is 0 Å². The van der Waals surface area contributed by atoms with Crippen molar-refractivity contribution in [2.45, 2.75) is 18.6 Å². The van der Waals surface area contributed by atoms with Gasteiger partial charge in [0.15, 0.2) is 0 Å². The molecule has 4 aliphatic heterocycles. The Morgan fingerprint density at radius 1 is 0.920 bits per heavy atom. The lowest BCUT2D eigenvalue weighted by molar-refractivity contribution is -0.147. The number of nitrogens with zero attached hydrogens (tertiary/aromatic N) is 3. The first-order valence-corrected chi connectivity index (χ1v) is 9.61. The molecule has 0 radical (unpaired) electrons. The highest BCUT2D eigenvalue weighted by Crippen LogP contribution is 2.52. The fourth-order valence-corrected chi connectivity index (χ4v) is 5.18. The number of fused-ring (bicyclic) bond motifs is 3. The molecule has 2 amide bonds. The standard InChI is InChI=1S/C18H27N3O4/c1-19-2-4-20(5-3-19)17(22)12-6-11-7-21(8-15(12)25-11)18(23)16-13-9-24-10-14(13)16/h11-16H,2-10H2,1H3/t11?,12?,13-,14+,15?,16?. The highest BCUT2D eigenvalue weighted by atomic mass is 16.5. The van der Waals surface area contributed by atoms with Crippen LogP contribution < -0.4 is 0 Å². The number of hydrogen-bond donors (Lipinski definition) is 0. The molecular weight excluding hydrogens is 322 g/mol. The Morgan fingerprint density at radius 2 is 1.64 bits per heavy atom. The van der Waals surface area contributed by atoms with Crippen LogP contribution >= 0.6 is 0 Å². The van der Waals surface area contributed by atoms with E-state index in [1.54, 1.807) is 0 Å². The van der Waals surface area contributed by atoms with Crippen molar-refractivity contribution in [2.24, 2.45) is 23.7 Å². The normalized spacial score (nSPS) is 43.2. The van der Waals surface area contributed by atoms with Crippen molar-refractivity contribution in [3.8, 4) is 0 Å². The van der Waals surface area contributed by atoms with Crippen LogP contribution in [0.2, 0.25) is 0 Å². The number of morpholine rings is 1. The number of carbonyl (C=O) groups is 2. The summed E-state index contributed by atoms with van der Waals surface area (Å²) >= 11 is 0. The van der Waals surface area contributed by atoms with Crippen molar-refractivity contribution in [3.63, 3.8) is 0 Å². The molecule has 5 rings (SSSR count). The highest BCUT2D eigenvalue weighted by molar-refractivity contribution is 5.84. The third-order valence-corrected chi connectivity index (χ3v) is 6.84. The first-order valence-electron chi connectivity index (χ1n) is 9.61. The van der Waals surface area contributed by atoms with Crippen LogP contribution in [0.15, 0.2) is 0 Å². The molecule has 4 saturated heterocycles. The number of hydrogen-bond acceptors (Lipinski definition) is 5. The minimum atomic E-state index is -0.121. The fraction of sp³-hybridized carbons (Fsp3) is 0.889. The number of carbonyl (C=O) groups excluding carboxylic acids is 2. The Kier molecular flexibility index (Phi) is 3.80. The van der Waals surface area contributed by atoms with Gasteiger partial charge in [0.25, 0.3) is 0 Å². The van der Waals surface area contributed by atoms with Gasteiger partial charge < -0.3 is 24.2 Å². The van der Waals surface area contributed by atoms with Crippen molar-refractivity contribution in [2.75, 3.05) is 59.5 Å². The maximum Gasteiger partial charge on any atom is 0.228 e. The molecule has 25 heavy (non-hydrogen) atoms. The molecule has 5 aliphatic rings. The van der Waals surface area contributed by atoms with Crippen LogP contribution in [0.3, 0.4) is 0 Å². The van der Waals surface area contributed by atoms with Gasteiger partial charge >= 0.3 is 0 Å². The smallest absolute Gasteiger partial charge is 0.228 e. The summed E-state index contributed by atoms with van der Waals surface area (Å²) < 4.78 is 11.4. The van der Waals surface area contributed by atoms with Gasteiger partial charge in [-0.2, -0.15) is 0 Å². The summed E-state index contributed by atoms with van der Waals surface area (Å²) in [7, 11) is 2.09. The van der Waals surface area contributed by atoms with Gasteiger partial charge in [-0.15, -0.1) is 0 Å². The van der Waals surface area contributed by atoms with Crippen molar-refractivity contribution in [1.29, 1.82) is 0 Å². The SMILES string of the molecule is CN1CCN(C(=O)C2CC3CN(C(=O)C4[C@H]5COC[C@@H]45)CC2O3)CC1. The molecule has 0 N–H and O–H groups in total. The minimum Gasteiger partial charge on any atom is -0.381 e. The number of likely N-dealkylation sites (N-methyl/N-ethyl adjacent to an activating group) is 1. The highest BCUT2D eigenvalue weighted by Gasteiger charge is 2.60. The molecule has 4 unspecified atom stereocenters. The fourth-order valence-electron chi connectivity index (χ4n) is 5.18. The molecule has 0 aromatic heterocycles. The summed E-state index contributed by atoms with van der Waals surface area (Å²) in [5, 5.41) is 0. The van der Waals surface area contributed by atoms with E-state index >= 15 is 0 Å². The Bertz CT molecular complexity index is 567. The van der Waals surface area contributed by atoms with E-state index in [0.717, 1.165) is 45.8 Å². The Balaban J connectivity index is 1.22. The number of likely N-dealkylation sites (tertiary alicyclic amines) is 1. The van der Waals surface area contributed by atoms with Gasteiger partial charge in [-0.25, -0.2) is 0 Å². The summed E-state index contributed by atoms with van der Waals surface area (Å²) in [6.07, 6.45) is 0.670. The molecule has 7 heteroatoms. The van der Waals surface area contributed by atoms with E-state index in [2.05, 4.69) is 11.9 Å². The predicted octanol–water partition coefficient (Wildman–Crippen LogP) is -0.731. The number of ether oxygens (including phenoxy) is 2. The zero-order chi connectivity index (χ0) is 17.1. The van der Waals surface area contributed by atoms with E-state index in [4.69, 9.17) is 9.47 Å². The van der Waals surface area contributed by atoms with Crippen LogP contribution in [0.1, 0.15) is 6.42 Å². The Labute approximate surface area is 148 Å². The molecule has 1 saturated carbocycles. The van der Waals surface area contributed by atoms with E-state index in [9.17, 15) is 9.59 Å². The van der Waals surface area contributed by atoms with Gasteiger partial charge in [-0.1, -0.05) is 0 Å². The summed E-state index contributed by atoms with van der Waals surface area (Å²) in [6.45, 7) is 6.18. The van der Waals surface area contributed by atoms with Crippen LogP contribution in [0.4, 0.5) is 0 Å². The molecule has 2 bridgehead atoms. The van der Waals surface area contributed by atoms with Crippen LogP contribution in [0, 0.1) is 23.7 Å². The summed E-state index contributed by atoms with van der Waals surface area (Å²) in [6, 6.07) is 0. The van der Waals surface area contributed by atoms with E-state index < -0.39 is 0 Å². The zero-order valence-corrected chi connectivity index (χ0v) is 14.8. The summed E-state index contributed by atoms with van der Waals surface area (Å²) in [5.41, 5.74) is 0. The molecule has 138 valence electrons. The Morgan fingerprint density at radius 3 is 2.36 bits per heavy atom. The van der Waals surface area contributed by atoms with Crippen molar-refractivity contribution in [1.82, 2.24) is 14.7 Å². The maximum atomic E-state index is 12.9. The van der Waals surface area contributed by atoms with Crippen LogP contribution in [-0.2, 0) is 19.1 Å². The monoisotopic (exact) mass is 349 g/mol. The lowest BCUT2D eigenvalue weighted by Gasteiger charge is -2.36. The Hall–Kier alpha value is -1.18. The molecule has 0 spiro atoms. The molecular formula is C18H27N3O4. The number of amides is 2. The van der Waals surface area contributed by atoms with Gasteiger partial charge in [-0.05, 0) is 25.3 Å². The van der Waals surface area contributed by atoms with Gasteiger partial charge in [0, 0.05) is 45.2 Å². The average molecular weight is 349 g/mol. The summed E-state index contributed by atoms with van der Waals surface area (Å²) in [5.74, 6) is 1.47. The molecule has 5 fully saturated rings. The largest absolute Gasteiger partial charge is 0.381 e. The third-order valence-electron chi connectivity index (χ3n) is 6.84. The molecule has 7 nitrogen and oxygen atoms in total. The second-order valence-electron chi connectivity index (χ2n) is 8.40. The van der Waals surface area contributed by atoms with E-state index in [1.807, 2.05) is 9.80 Å². The molecule has 0 aromatic rings. The molecule has 1 aliphatic carbocycles. The first-order chi connectivity index (χ1) is 12.1. The lowest BCUT2D eigenvalue weighted by atomic mass is 9.98. The van der Waals surface area contributed by atoms with Gasteiger partial charge in [-0.3, -0.25) is 9.59 Å². The van der Waals surface area contributed by atoms with Crippen LogP contribution in [0.5, 0.6) is 0 Å². The molecule has 6 atom stereocenters. The third kappa shape index (κ3) is 2.67. The van der Waals surface area contributed by atoms with Gasteiger partial charge in [0.05, 0.1) is 31.3 Å². The quantitative estimate of drug-likeness (QED) is 0.658. The second-order valence-corrected chi connectivity index (χ2v) is 8.40. The van der Waals surface area contributed by atoms with E-state index in [-0.39, 0.29) is 35.9 Å². The molecule has 4 heterocycles. The summed E-state index contributed by atoms with van der Waals surface area (Å²) in [4.78, 5) is 32.0. The topological polar surface area (TPSA) is 62.3 Å². The number of rotatable bonds is 2. The number of piperazine rings is 1. The van der Waals surface area contributed by atoms with Crippen molar-refractivity contribution >= 4 is 11.8 Å². The van der Waals surface area contributed by atoms with E-state index in [1.165, 1.54) is 0 Å².